The third kappa shape index (κ3) is 6.43. The van der Waals surface area contributed by atoms with E-state index >= 15 is 0 Å². The summed E-state index contributed by atoms with van der Waals surface area (Å²) in [5.74, 6) is 0. The second-order valence-corrected chi connectivity index (χ2v) is 10.6. The zero-order valence-electron chi connectivity index (χ0n) is 22.7. The van der Waals surface area contributed by atoms with Gasteiger partial charge in [-0.2, -0.15) is 0 Å². The Hall–Kier alpha value is -2.06. The van der Waals surface area contributed by atoms with Gasteiger partial charge in [0.1, 0.15) is 29.5 Å². The maximum Gasteiger partial charge on any atom is 0.126 e. The van der Waals surface area contributed by atoms with Crippen molar-refractivity contribution in [3.05, 3.63) is 80.9 Å². The van der Waals surface area contributed by atoms with Crippen molar-refractivity contribution < 1.29 is 30.6 Å². The molecule has 0 aliphatic carbocycles. The van der Waals surface area contributed by atoms with Gasteiger partial charge in [-0.1, -0.05) is 47.5 Å². The lowest BCUT2D eigenvalue weighted by atomic mass is 9.70. The maximum atomic E-state index is 12.0. The van der Waals surface area contributed by atoms with E-state index in [0.717, 1.165) is 38.9 Å². The topological polar surface area (TPSA) is 121 Å². The van der Waals surface area contributed by atoms with Crippen LogP contribution >= 0.6 is 0 Å². The summed E-state index contributed by atoms with van der Waals surface area (Å²) in [7, 11) is 0. The Morgan fingerprint density at radius 3 is 1.56 bits per heavy atom. The lowest BCUT2D eigenvalue weighted by Crippen LogP contribution is -2.66. The summed E-state index contributed by atoms with van der Waals surface area (Å²) in [4.78, 5) is 0. The summed E-state index contributed by atoms with van der Waals surface area (Å²) < 4.78 is 0. The number of rotatable bonds is 11. The van der Waals surface area contributed by atoms with Crippen molar-refractivity contribution in [2.45, 2.75) is 97.2 Å². The van der Waals surface area contributed by atoms with Crippen LogP contribution in [0.4, 0.5) is 0 Å². The highest BCUT2D eigenvalue weighted by atomic mass is 16.4. The molecule has 0 saturated carbocycles. The quantitative estimate of drug-likeness (QED) is 0.264. The van der Waals surface area contributed by atoms with Crippen molar-refractivity contribution in [1.82, 2.24) is 0 Å². The molecule has 2 aromatic rings. The molecule has 0 saturated heterocycles. The van der Waals surface area contributed by atoms with Gasteiger partial charge in [-0.15, -0.1) is 0 Å². The first-order chi connectivity index (χ1) is 16.7. The van der Waals surface area contributed by atoms with Gasteiger partial charge in [-0.05, 0) is 88.3 Å². The molecule has 5 atom stereocenters. The van der Waals surface area contributed by atoms with E-state index in [1.165, 1.54) is 0 Å². The van der Waals surface area contributed by atoms with Gasteiger partial charge in [0.15, 0.2) is 0 Å². The molecule has 0 heterocycles. The van der Waals surface area contributed by atoms with Crippen LogP contribution in [-0.2, 0) is 12.8 Å². The fourth-order valence-corrected chi connectivity index (χ4v) is 5.43. The molecule has 6 nitrogen and oxygen atoms in total. The van der Waals surface area contributed by atoms with Crippen LogP contribution in [0.1, 0.15) is 57.9 Å². The summed E-state index contributed by atoms with van der Waals surface area (Å²) in [6.07, 6.45) is -2.25. The molecule has 200 valence electrons. The summed E-state index contributed by atoms with van der Waals surface area (Å²) in [5, 5.41) is 66.6. The Balaban J connectivity index is 2.68. The van der Waals surface area contributed by atoms with E-state index in [1.54, 1.807) is 19.1 Å². The molecule has 0 fully saturated rings. The Morgan fingerprint density at radius 1 is 0.750 bits per heavy atom. The average Bonchev–Trinajstić information content (AvgIpc) is 2.80. The molecule has 0 aromatic heterocycles. The van der Waals surface area contributed by atoms with Crippen LogP contribution < -0.4 is 0 Å². The first kappa shape index (κ1) is 30.2. The largest absolute Gasteiger partial charge is 0.394 e. The molecule has 0 amide bonds. The van der Waals surface area contributed by atoms with Gasteiger partial charge in [-0.25, -0.2) is 0 Å². The molecular weight excluding hydrogens is 456 g/mol. The van der Waals surface area contributed by atoms with Crippen molar-refractivity contribution in [3.63, 3.8) is 0 Å². The maximum absolute atomic E-state index is 12.0. The molecule has 0 radical (unpaired) electrons. The normalized spacial score (nSPS) is 18.0. The third-order valence-electron chi connectivity index (χ3n) is 7.38. The minimum Gasteiger partial charge on any atom is -0.394 e. The summed E-state index contributed by atoms with van der Waals surface area (Å²) in [5.41, 5.74) is 3.00. The molecule has 2 rings (SSSR count). The molecule has 0 spiro atoms. The first-order valence-electron chi connectivity index (χ1n) is 12.5. The predicted octanol–water partition coefficient (Wildman–Crippen LogP) is 2.83. The molecule has 0 bridgehead atoms. The molecule has 2 aromatic carbocycles. The number of allylic oxidation sites excluding steroid dienone is 1. The van der Waals surface area contributed by atoms with Gasteiger partial charge >= 0.3 is 0 Å². The van der Waals surface area contributed by atoms with E-state index in [9.17, 15) is 30.6 Å². The van der Waals surface area contributed by atoms with E-state index in [-0.39, 0.29) is 19.3 Å². The summed E-state index contributed by atoms with van der Waals surface area (Å²) >= 11 is 0. The van der Waals surface area contributed by atoms with Crippen LogP contribution in [-0.4, -0.2) is 66.8 Å². The summed E-state index contributed by atoms with van der Waals surface area (Å²) in [6, 6.07) is 7.88. The molecule has 1 unspecified atom stereocenters. The highest BCUT2D eigenvalue weighted by molar-refractivity contribution is 5.41. The van der Waals surface area contributed by atoms with Gasteiger partial charge in [0.05, 0.1) is 6.61 Å². The number of aryl methyl sites for hydroxylation is 6. The molecule has 0 aliphatic rings. The standard InChI is InChI=1S/C30H44O6/c1-8-9-10-29(35,15-24-20(4)11-18(2)12-21(24)5)28(34)30(36,27(33)26(32)17-31)16-25-22(6)13-19(3)14-23(25)7/h8-9,11-14,26-28,31-36H,10,15-17H2,1-7H3/b9-8+/t26-,27+,28+,29?,30+/m0/s1. The van der Waals surface area contributed by atoms with E-state index < -0.39 is 36.1 Å². The van der Waals surface area contributed by atoms with Gasteiger partial charge in [0.2, 0.25) is 0 Å². The highest BCUT2D eigenvalue weighted by Crippen LogP contribution is 2.37. The number of benzene rings is 2. The van der Waals surface area contributed by atoms with E-state index in [0.29, 0.717) is 5.56 Å². The summed E-state index contributed by atoms with van der Waals surface area (Å²) in [6.45, 7) is 12.6. The zero-order chi connectivity index (χ0) is 27.4. The molecule has 6 N–H and O–H groups in total. The number of aliphatic hydroxyl groups is 6. The zero-order valence-corrected chi connectivity index (χ0v) is 22.7. The molecule has 0 aliphatic heterocycles. The van der Waals surface area contributed by atoms with Crippen molar-refractivity contribution in [2.75, 3.05) is 6.61 Å². The van der Waals surface area contributed by atoms with Crippen LogP contribution in [0, 0.1) is 41.5 Å². The Labute approximate surface area is 215 Å². The van der Waals surface area contributed by atoms with Gasteiger partial charge in [0.25, 0.3) is 0 Å². The minimum atomic E-state index is -2.37. The Kier molecular flexibility index (Phi) is 10.0. The van der Waals surface area contributed by atoms with Crippen LogP contribution in [0.2, 0.25) is 0 Å². The molecule has 6 heteroatoms. The second-order valence-electron chi connectivity index (χ2n) is 10.6. The SMILES string of the molecule is C/C=C/CC(O)(Cc1c(C)cc(C)cc1C)[C@@H](O)[C@@](O)(Cc1c(C)cc(C)cc1C)[C@H](O)[C@@H](O)CO. The lowest BCUT2D eigenvalue weighted by molar-refractivity contribution is -0.228. The van der Waals surface area contributed by atoms with Crippen molar-refractivity contribution in [2.24, 2.45) is 0 Å². The van der Waals surface area contributed by atoms with E-state index in [4.69, 9.17) is 0 Å². The van der Waals surface area contributed by atoms with Gasteiger partial charge in [-0.3, -0.25) is 0 Å². The second kappa shape index (κ2) is 12.0. The first-order valence-corrected chi connectivity index (χ1v) is 12.5. The molecule has 36 heavy (non-hydrogen) atoms. The fraction of sp³-hybridized carbons (Fsp3) is 0.533. The van der Waals surface area contributed by atoms with Crippen molar-refractivity contribution in [3.8, 4) is 0 Å². The van der Waals surface area contributed by atoms with Crippen LogP contribution in [0.25, 0.3) is 0 Å². The van der Waals surface area contributed by atoms with E-state index in [1.807, 2.05) is 65.8 Å². The Morgan fingerprint density at radius 2 is 1.17 bits per heavy atom. The van der Waals surface area contributed by atoms with Crippen LogP contribution in [0.5, 0.6) is 0 Å². The smallest absolute Gasteiger partial charge is 0.126 e. The Bertz CT molecular complexity index is 1030. The fourth-order valence-electron chi connectivity index (χ4n) is 5.43. The van der Waals surface area contributed by atoms with Crippen LogP contribution in [0.15, 0.2) is 36.4 Å². The average molecular weight is 501 g/mol. The molecular formula is C30H44O6. The van der Waals surface area contributed by atoms with Gasteiger partial charge < -0.3 is 30.6 Å². The van der Waals surface area contributed by atoms with Crippen LogP contribution in [0.3, 0.4) is 0 Å². The van der Waals surface area contributed by atoms with Crippen molar-refractivity contribution >= 4 is 0 Å². The third-order valence-corrected chi connectivity index (χ3v) is 7.38. The van der Waals surface area contributed by atoms with E-state index in [2.05, 4.69) is 0 Å². The minimum absolute atomic E-state index is 0.00748. The number of aliphatic hydroxyl groups excluding tert-OH is 4. The monoisotopic (exact) mass is 500 g/mol. The number of hydrogen-bond acceptors (Lipinski definition) is 6. The highest BCUT2D eigenvalue weighted by Gasteiger charge is 2.54. The predicted molar refractivity (Wildman–Crippen MR) is 143 cm³/mol. The van der Waals surface area contributed by atoms with Gasteiger partial charge in [0, 0.05) is 12.8 Å². The van der Waals surface area contributed by atoms with Crippen molar-refractivity contribution in [1.29, 1.82) is 0 Å². The lowest BCUT2D eigenvalue weighted by Gasteiger charge is -2.46. The number of hydrogen-bond donors (Lipinski definition) is 6.